The number of rotatable bonds is 7. The molecule has 30 heavy (non-hydrogen) atoms. The Morgan fingerprint density at radius 2 is 1.63 bits per heavy atom. The molecular formula is C23H20N2O5. The summed E-state index contributed by atoms with van der Waals surface area (Å²) in [6.45, 7) is 2.44. The molecule has 7 heteroatoms. The predicted molar refractivity (Wildman–Crippen MR) is 112 cm³/mol. The van der Waals surface area contributed by atoms with Gasteiger partial charge in [0.15, 0.2) is 0 Å². The maximum atomic E-state index is 12.2. The number of ether oxygens (including phenoxy) is 2. The van der Waals surface area contributed by atoms with Crippen molar-refractivity contribution >= 4 is 18.1 Å². The average Bonchev–Trinajstić information content (AvgIpc) is 2.76. The molecule has 0 atom stereocenters. The number of carbonyl (C=O) groups is 2. The lowest BCUT2D eigenvalue weighted by Gasteiger charge is -2.06. The van der Waals surface area contributed by atoms with Crippen LogP contribution in [0.2, 0.25) is 0 Å². The van der Waals surface area contributed by atoms with Gasteiger partial charge in [0.05, 0.1) is 23.9 Å². The molecule has 0 bridgehead atoms. The van der Waals surface area contributed by atoms with Crippen molar-refractivity contribution in [2.24, 2.45) is 5.10 Å². The zero-order chi connectivity index (χ0) is 21.3. The van der Waals surface area contributed by atoms with E-state index in [1.54, 1.807) is 60.7 Å². The van der Waals surface area contributed by atoms with Gasteiger partial charge >= 0.3 is 5.97 Å². The fourth-order valence-electron chi connectivity index (χ4n) is 2.53. The number of amides is 1. The Morgan fingerprint density at radius 1 is 0.967 bits per heavy atom. The first-order chi connectivity index (χ1) is 14.6. The minimum atomic E-state index is -0.523. The second-order valence-electron chi connectivity index (χ2n) is 6.13. The molecule has 3 rings (SSSR count). The molecule has 152 valence electrons. The minimum absolute atomic E-state index is 0.121. The molecule has 7 nitrogen and oxygen atoms in total. The summed E-state index contributed by atoms with van der Waals surface area (Å²) in [5.74, 6) is -0.0555. The molecule has 0 aliphatic carbocycles. The van der Waals surface area contributed by atoms with Gasteiger partial charge in [0.2, 0.25) is 0 Å². The molecule has 3 aromatic rings. The van der Waals surface area contributed by atoms with E-state index >= 15 is 0 Å². The highest BCUT2D eigenvalue weighted by Gasteiger charge is 2.10. The maximum Gasteiger partial charge on any atom is 0.343 e. The zero-order valence-corrected chi connectivity index (χ0v) is 16.2. The molecule has 0 fully saturated rings. The van der Waals surface area contributed by atoms with E-state index in [0.29, 0.717) is 29.2 Å². The van der Waals surface area contributed by atoms with Gasteiger partial charge < -0.3 is 14.6 Å². The number of hydrazone groups is 1. The van der Waals surface area contributed by atoms with E-state index < -0.39 is 11.9 Å². The van der Waals surface area contributed by atoms with Crippen molar-refractivity contribution in [1.29, 1.82) is 0 Å². The monoisotopic (exact) mass is 404 g/mol. The number of phenols is 1. The van der Waals surface area contributed by atoms with Crippen LogP contribution in [-0.2, 0) is 0 Å². The van der Waals surface area contributed by atoms with Crippen LogP contribution < -0.4 is 14.9 Å². The summed E-state index contributed by atoms with van der Waals surface area (Å²) in [5.41, 5.74) is 3.58. The van der Waals surface area contributed by atoms with Gasteiger partial charge in [0.25, 0.3) is 5.91 Å². The van der Waals surface area contributed by atoms with Gasteiger partial charge in [0, 0.05) is 0 Å². The van der Waals surface area contributed by atoms with E-state index in [1.807, 2.05) is 6.92 Å². The third-order valence-electron chi connectivity index (χ3n) is 4.02. The molecule has 0 unspecified atom stereocenters. The quantitative estimate of drug-likeness (QED) is 0.270. The number of para-hydroxylation sites is 1. The highest BCUT2D eigenvalue weighted by atomic mass is 16.5. The van der Waals surface area contributed by atoms with Gasteiger partial charge in [-0.3, -0.25) is 4.79 Å². The van der Waals surface area contributed by atoms with E-state index in [-0.39, 0.29) is 11.3 Å². The van der Waals surface area contributed by atoms with E-state index in [1.165, 1.54) is 18.3 Å². The summed E-state index contributed by atoms with van der Waals surface area (Å²) in [7, 11) is 0. The Balaban J connectivity index is 1.55. The second-order valence-corrected chi connectivity index (χ2v) is 6.13. The van der Waals surface area contributed by atoms with Crippen molar-refractivity contribution < 1.29 is 24.2 Å². The number of nitrogens with zero attached hydrogens (tertiary/aromatic N) is 1. The zero-order valence-electron chi connectivity index (χ0n) is 16.2. The summed E-state index contributed by atoms with van der Waals surface area (Å²) < 4.78 is 10.7. The molecule has 0 spiro atoms. The minimum Gasteiger partial charge on any atom is -0.507 e. The average molecular weight is 404 g/mol. The normalized spacial score (nSPS) is 10.6. The summed E-state index contributed by atoms with van der Waals surface area (Å²) >= 11 is 0. The van der Waals surface area contributed by atoms with Gasteiger partial charge in [-0.05, 0) is 73.2 Å². The molecule has 1 amide bonds. The van der Waals surface area contributed by atoms with Crippen molar-refractivity contribution in [2.75, 3.05) is 6.61 Å². The van der Waals surface area contributed by atoms with Crippen molar-refractivity contribution in [3.8, 4) is 17.2 Å². The topological polar surface area (TPSA) is 97.2 Å². The van der Waals surface area contributed by atoms with Gasteiger partial charge in [-0.25, -0.2) is 10.2 Å². The number of aromatic hydroxyl groups is 1. The lowest BCUT2D eigenvalue weighted by Crippen LogP contribution is -2.17. The predicted octanol–water partition coefficient (Wildman–Crippen LogP) is 3.77. The highest BCUT2D eigenvalue weighted by Crippen LogP contribution is 2.17. The van der Waals surface area contributed by atoms with Crippen LogP contribution in [0.3, 0.4) is 0 Å². The van der Waals surface area contributed by atoms with Crippen molar-refractivity contribution in [2.45, 2.75) is 6.92 Å². The second kappa shape index (κ2) is 9.88. The molecule has 0 aromatic heterocycles. The molecule has 0 saturated heterocycles. The summed E-state index contributed by atoms with van der Waals surface area (Å²) in [4.78, 5) is 24.2. The Morgan fingerprint density at radius 3 is 2.30 bits per heavy atom. The van der Waals surface area contributed by atoms with Crippen LogP contribution in [0.5, 0.6) is 17.2 Å². The van der Waals surface area contributed by atoms with Crippen molar-refractivity contribution in [3.05, 3.63) is 89.5 Å². The Kier molecular flexibility index (Phi) is 6.78. The molecule has 3 aromatic carbocycles. The van der Waals surface area contributed by atoms with Crippen LogP contribution in [0.25, 0.3) is 0 Å². The number of phenolic OH excluding ortho intramolecular Hbond substituents is 1. The number of esters is 1. The number of benzene rings is 3. The molecule has 0 radical (unpaired) electrons. The SMILES string of the molecule is CCOc1ccc(C(=O)Oc2ccc(C=NNC(=O)c3ccccc3O)cc2)cc1. The Bertz CT molecular complexity index is 1040. The largest absolute Gasteiger partial charge is 0.507 e. The fourth-order valence-corrected chi connectivity index (χ4v) is 2.53. The summed E-state index contributed by atoms with van der Waals surface area (Å²) in [6, 6.07) is 19.5. The summed E-state index contributed by atoms with van der Waals surface area (Å²) in [5, 5.41) is 13.5. The lowest BCUT2D eigenvalue weighted by molar-refractivity contribution is 0.0734. The third-order valence-corrected chi connectivity index (χ3v) is 4.02. The molecular weight excluding hydrogens is 384 g/mol. The van der Waals surface area contributed by atoms with Crippen LogP contribution in [0.1, 0.15) is 33.2 Å². The van der Waals surface area contributed by atoms with Gasteiger partial charge in [-0.15, -0.1) is 0 Å². The fraction of sp³-hybridized carbons (Fsp3) is 0.0870. The number of carbonyl (C=O) groups excluding carboxylic acids is 2. The van der Waals surface area contributed by atoms with E-state index in [0.717, 1.165) is 0 Å². The van der Waals surface area contributed by atoms with E-state index in [9.17, 15) is 14.7 Å². The Hall–Kier alpha value is -4.13. The first-order valence-electron chi connectivity index (χ1n) is 9.23. The maximum absolute atomic E-state index is 12.2. The van der Waals surface area contributed by atoms with E-state index in [2.05, 4.69) is 10.5 Å². The summed E-state index contributed by atoms with van der Waals surface area (Å²) in [6.07, 6.45) is 1.44. The number of nitrogens with one attached hydrogen (secondary N) is 1. The van der Waals surface area contributed by atoms with Crippen molar-refractivity contribution in [1.82, 2.24) is 5.43 Å². The number of hydrogen-bond donors (Lipinski definition) is 2. The first-order valence-corrected chi connectivity index (χ1v) is 9.23. The third kappa shape index (κ3) is 5.45. The van der Waals surface area contributed by atoms with Crippen LogP contribution >= 0.6 is 0 Å². The van der Waals surface area contributed by atoms with Gasteiger partial charge in [-0.2, -0.15) is 5.10 Å². The van der Waals surface area contributed by atoms with Crippen molar-refractivity contribution in [3.63, 3.8) is 0 Å². The molecule has 0 saturated carbocycles. The van der Waals surface area contributed by atoms with E-state index in [4.69, 9.17) is 9.47 Å². The van der Waals surface area contributed by atoms with Gasteiger partial charge in [0.1, 0.15) is 17.2 Å². The highest BCUT2D eigenvalue weighted by molar-refractivity contribution is 5.97. The van der Waals surface area contributed by atoms with Crippen LogP contribution in [-0.4, -0.2) is 29.8 Å². The molecule has 0 aliphatic rings. The molecule has 0 heterocycles. The lowest BCUT2D eigenvalue weighted by atomic mass is 10.2. The van der Waals surface area contributed by atoms with Crippen LogP contribution in [0.15, 0.2) is 77.9 Å². The first kappa shape index (κ1) is 20.6. The number of hydrogen-bond acceptors (Lipinski definition) is 6. The smallest absolute Gasteiger partial charge is 0.343 e. The standard InChI is InChI=1S/C23H20N2O5/c1-2-29-18-13-9-17(10-14-18)23(28)30-19-11-7-16(8-12-19)15-24-25-22(27)20-5-3-4-6-21(20)26/h3-15,26H,2H2,1H3,(H,25,27). The van der Waals surface area contributed by atoms with Crippen LogP contribution in [0, 0.1) is 0 Å². The van der Waals surface area contributed by atoms with Crippen LogP contribution in [0.4, 0.5) is 0 Å². The molecule has 0 aliphatic heterocycles. The molecule has 2 N–H and O–H groups in total. The Labute approximate surface area is 173 Å². The van der Waals surface area contributed by atoms with Gasteiger partial charge in [-0.1, -0.05) is 12.1 Å².